The first-order valence-electron chi connectivity index (χ1n) is 6.52. The lowest BCUT2D eigenvalue weighted by molar-refractivity contribution is -0.151. The Labute approximate surface area is 133 Å². The van der Waals surface area contributed by atoms with E-state index in [1.807, 2.05) is 6.07 Å². The molecule has 1 unspecified atom stereocenters. The Kier molecular flexibility index (Phi) is 6.04. The van der Waals surface area contributed by atoms with Gasteiger partial charge < -0.3 is 19.9 Å². The third kappa shape index (κ3) is 4.11. The molecule has 0 aliphatic rings. The zero-order valence-electron chi connectivity index (χ0n) is 13.0. The summed E-state index contributed by atoms with van der Waals surface area (Å²) >= 11 is 3.41. The van der Waals surface area contributed by atoms with Gasteiger partial charge in [-0.25, -0.2) is 0 Å². The Bertz CT molecular complexity index is 517. The number of rotatable bonds is 6. The Morgan fingerprint density at radius 1 is 1.24 bits per heavy atom. The number of carbonyl (C=O) groups excluding carboxylic acids is 1. The van der Waals surface area contributed by atoms with E-state index in [4.69, 9.17) is 19.9 Å². The third-order valence-corrected chi connectivity index (χ3v) is 3.99. The Morgan fingerprint density at radius 3 is 2.29 bits per heavy atom. The average Bonchev–Trinajstić information content (AvgIpc) is 2.45. The van der Waals surface area contributed by atoms with Crippen molar-refractivity contribution >= 4 is 21.9 Å². The van der Waals surface area contributed by atoms with Crippen LogP contribution in [0.4, 0.5) is 0 Å². The highest BCUT2D eigenvalue weighted by atomic mass is 79.9. The minimum absolute atomic E-state index is 0.291. The molecule has 0 saturated carbocycles. The van der Waals surface area contributed by atoms with Crippen LogP contribution < -0.4 is 15.2 Å². The van der Waals surface area contributed by atoms with Gasteiger partial charge in [0.1, 0.15) is 11.5 Å². The Hall–Kier alpha value is -1.27. The highest BCUT2D eigenvalue weighted by Crippen LogP contribution is 2.39. The van der Waals surface area contributed by atoms with E-state index in [0.717, 1.165) is 10.0 Å². The molecule has 0 spiro atoms. The fourth-order valence-corrected chi connectivity index (χ4v) is 2.68. The molecule has 0 heterocycles. The summed E-state index contributed by atoms with van der Waals surface area (Å²) < 4.78 is 16.2. The first-order valence-corrected chi connectivity index (χ1v) is 7.31. The van der Waals surface area contributed by atoms with Crippen LogP contribution in [0.3, 0.4) is 0 Å². The van der Waals surface area contributed by atoms with Gasteiger partial charge in [0.05, 0.1) is 31.2 Å². The largest absolute Gasteiger partial charge is 0.496 e. The Morgan fingerprint density at radius 2 is 1.81 bits per heavy atom. The SMILES string of the molecule is COC(=O)C(C)(C)CC(N)c1cc(OC)c(Br)cc1OC. The van der Waals surface area contributed by atoms with Crippen LogP contribution in [0.2, 0.25) is 0 Å². The van der Waals surface area contributed by atoms with E-state index in [1.54, 1.807) is 34.1 Å². The van der Waals surface area contributed by atoms with Gasteiger partial charge in [-0.1, -0.05) is 0 Å². The summed E-state index contributed by atoms with van der Waals surface area (Å²) in [5.41, 5.74) is 6.37. The molecule has 0 radical (unpaired) electrons. The van der Waals surface area contributed by atoms with Gasteiger partial charge in [-0.3, -0.25) is 4.79 Å². The standard InChI is InChI=1S/C15H22BrNO4/c1-15(2,14(18)21-5)8-11(17)9-6-13(20-4)10(16)7-12(9)19-3/h6-7,11H,8,17H2,1-5H3. The van der Waals surface area contributed by atoms with E-state index in [-0.39, 0.29) is 12.0 Å². The van der Waals surface area contributed by atoms with E-state index in [1.165, 1.54) is 7.11 Å². The van der Waals surface area contributed by atoms with E-state index in [9.17, 15) is 4.79 Å². The quantitative estimate of drug-likeness (QED) is 0.790. The van der Waals surface area contributed by atoms with E-state index >= 15 is 0 Å². The number of halogens is 1. The molecular formula is C15H22BrNO4. The van der Waals surface area contributed by atoms with Crippen LogP contribution in [-0.4, -0.2) is 27.3 Å². The van der Waals surface area contributed by atoms with Crippen LogP contribution in [0.1, 0.15) is 31.9 Å². The number of carbonyl (C=O) groups is 1. The minimum Gasteiger partial charge on any atom is -0.496 e. The fourth-order valence-electron chi connectivity index (χ4n) is 2.19. The van der Waals surface area contributed by atoms with Crippen molar-refractivity contribution in [2.45, 2.75) is 26.3 Å². The molecule has 1 atom stereocenters. The van der Waals surface area contributed by atoms with E-state index in [0.29, 0.717) is 17.9 Å². The molecule has 6 heteroatoms. The summed E-state index contributed by atoms with van der Waals surface area (Å²) in [4.78, 5) is 11.8. The summed E-state index contributed by atoms with van der Waals surface area (Å²) in [6.07, 6.45) is 0.431. The number of hydrogen-bond donors (Lipinski definition) is 1. The molecule has 0 saturated heterocycles. The summed E-state index contributed by atoms with van der Waals surface area (Å²) in [7, 11) is 4.54. The molecule has 0 aliphatic heterocycles. The predicted molar refractivity (Wildman–Crippen MR) is 84.6 cm³/mol. The second-order valence-corrected chi connectivity index (χ2v) is 6.27. The summed E-state index contributed by atoms with van der Waals surface area (Å²) in [6, 6.07) is 3.25. The van der Waals surface area contributed by atoms with Crippen molar-refractivity contribution in [1.82, 2.24) is 0 Å². The van der Waals surface area contributed by atoms with Gasteiger partial charge >= 0.3 is 5.97 Å². The monoisotopic (exact) mass is 359 g/mol. The number of nitrogens with two attached hydrogens (primary N) is 1. The maximum atomic E-state index is 11.8. The van der Waals surface area contributed by atoms with Crippen molar-refractivity contribution in [2.75, 3.05) is 21.3 Å². The molecule has 5 nitrogen and oxygen atoms in total. The van der Waals surface area contributed by atoms with Crippen LogP contribution >= 0.6 is 15.9 Å². The summed E-state index contributed by atoms with van der Waals surface area (Å²) in [5.74, 6) is 1.02. The van der Waals surface area contributed by atoms with Crippen LogP contribution in [0, 0.1) is 5.41 Å². The Balaban J connectivity index is 3.11. The van der Waals surface area contributed by atoms with Gasteiger partial charge in [0.25, 0.3) is 0 Å². The third-order valence-electron chi connectivity index (χ3n) is 3.37. The maximum absolute atomic E-state index is 11.8. The van der Waals surface area contributed by atoms with Crippen molar-refractivity contribution in [1.29, 1.82) is 0 Å². The lowest BCUT2D eigenvalue weighted by Crippen LogP contribution is -2.30. The molecule has 21 heavy (non-hydrogen) atoms. The lowest BCUT2D eigenvalue weighted by atomic mass is 9.83. The van der Waals surface area contributed by atoms with E-state index < -0.39 is 5.41 Å². The number of hydrogen-bond acceptors (Lipinski definition) is 5. The summed E-state index contributed by atoms with van der Waals surface area (Å²) in [6.45, 7) is 3.61. The minimum atomic E-state index is -0.681. The lowest BCUT2D eigenvalue weighted by Gasteiger charge is -2.26. The van der Waals surface area contributed by atoms with Crippen molar-refractivity contribution in [3.63, 3.8) is 0 Å². The molecule has 1 aromatic carbocycles. The smallest absolute Gasteiger partial charge is 0.311 e. The van der Waals surface area contributed by atoms with Crippen molar-refractivity contribution in [3.05, 3.63) is 22.2 Å². The highest BCUT2D eigenvalue weighted by molar-refractivity contribution is 9.10. The second-order valence-electron chi connectivity index (χ2n) is 5.41. The van der Waals surface area contributed by atoms with Gasteiger partial charge in [0.15, 0.2) is 0 Å². The molecule has 1 aromatic rings. The first kappa shape index (κ1) is 17.8. The predicted octanol–water partition coefficient (Wildman–Crippen LogP) is 3.06. The van der Waals surface area contributed by atoms with Gasteiger partial charge in [0, 0.05) is 11.6 Å². The first-order chi connectivity index (χ1) is 9.76. The molecule has 0 fully saturated rings. The number of esters is 1. The van der Waals surface area contributed by atoms with Gasteiger partial charge in [-0.2, -0.15) is 0 Å². The molecule has 2 N–H and O–H groups in total. The molecule has 0 aliphatic carbocycles. The van der Waals surface area contributed by atoms with Crippen molar-refractivity contribution in [2.24, 2.45) is 11.1 Å². The topological polar surface area (TPSA) is 70.8 Å². The van der Waals surface area contributed by atoms with Crippen LogP contribution in [0.5, 0.6) is 11.5 Å². The fraction of sp³-hybridized carbons (Fsp3) is 0.533. The molecule has 118 valence electrons. The number of methoxy groups -OCH3 is 3. The van der Waals surface area contributed by atoms with Crippen molar-refractivity contribution < 1.29 is 19.0 Å². The zero-order valence-corrected chi connectivity index (χ0v) is 14.6. The average molecular weight is 360 g/mol. The van der Waals surface area contributed by atoms with Gasteiger partial charge in [0.2, 0.25) is 0 Å². The summed E-state index contributed by atoms with van der Waals surface area (Å²) in [5, 5.41) is 0. The molecule has 1 rings (SSSR count). The molecule has 0 bridgehead atoms. The number of benzene rings is 1. The van der Waals surface area contributed by atoms with Crippen LogP contribution in [0.25, 0.3) is 0 Å². The zero-order chi connectivity index (χ0) is 16.2. The normalized spacial score (nSPS) is 12.7. The van der Waals surface area contributed by atoms with Gasteiger partial charge in [-0.15, -0.1) is 0 Å². The van der Waals surface area contributed by atoms with E-state index in [2.05, 4.69) is 15.9 Å². The maximum Gasteiger partial charge on any atom is 0.311 e. The van der Waals surface area contributed by atoms with Crippen molar-refractivity contribution in [3.8, 4) is 11.5 Å². The number of ether oxygens (including phenoxy) is 3. The van der Waals surface area contributed by atoms with Gasteiger partial charge in [-0.05, 0) is 48.3 Å². The molecule has 0 aromatic heterocycles. The van der Waals surface area contributed by atoms with Crippen LogP contribution in [0.15, 0.2) is 16.6 Å². The molecule has 0 amide bonds. The highest BCUT2D eigenvalue weighted by Gasteiger charge is 2.32. The van der Waals surface area contributed by atoms with Crippen LogP contribution in [-0.2, 0) is 9.53 Å². The second kappa shape index (κ2) is 7.13. The molecular weight excluding hydrogens is 338 g/mol.